The molecular formula is C35H37ClN10O4. The van der Waals surface area contributed by atoms with Crippen LogP contribution < -0.4 is 20.9 Å². The van der Waals surface area contributed by atoms with Crippen LogP contribution in [0.15, 0.2) is 42.6 Å². The number of aromatic amines is 1. The maximum absolute atomic E-state index is 13.3. The van der Waals surface area contributed by atoms with Crippen molar-refractivity contribution in [1.29, 1.82) is 0 Å². The largest absolute Gasteiger partial charge is 0.368 e. The van der Waals surface area contributed by atoms with E-state index < -0.39 is 29.7 Å². The fourth-order valence-corrected chi connectivity index (χ4v) is 7.68. The number of aromatic nitrogens is 4. The van der Waals surface area contributed by atoms with E-state index in [1.165, 1.54) is 0 Å². The number of rotatable bonds is 6. The molecule has 14 nitrogen and oxygen atoms in total. The van der Waals surface area contributed by atoms with Gasteiger partial charge in [0, 0.05) is 63.3 Å². The van der Waals surface area contributed by atoms with Crippen LogP contribution in [0.1, 0.15) is 58.9 Å². The van der Waals surface area contributed by atoms with E-state index in [1.54, 1.807) is 18.3 Å². The SMILES string of the molecule is CC1(N)CCN(c2cnc3c(-c4cccc(N5CCN(Cc6ccc7c(c6)C(=O)N(C6CCC(=O)NC6=O)C7=O)CC5)c4Cl)n[nH]c3n2)CC1. The minimum Gasteiger partial charge on any atom is -0.368 e. The zero-order chi connectivity index (χ0) is 34.7. The van der Waals surface area contributed by atoms with Gasteiger partial charge >= 0.3 is 0 Å². The van der Waals surface area contributed by atoms with E-state index in [0.29, 0.717) is 28.4 Å². The Balaban J connectivity index is 0.929. The van der Waals surface area contributed by atoms with Gasteiger partial charge in [0.25, 0.3) is 11.8 Å². The summed E-state index contributed by atoms with van der Waals surface area (Å²) in [6.45, 7) is 7.32. The van der Waals surface area contributed by atoms with Crippen molar-refractivity contribution in [3.63, 3.8) is 0 Å². The van der Waals surface area contributed by atoms with Crippen LogP contribution in [0.5, 0.6) is 0 Å². The lowest BCUT2D eigenvalue weighted by molar-refractivity contribution is -0.136. The van der Waals surface area contributed by atoms with Crippen molar-refractivity contribution in [2.75, 3.05) is 49.1 Å². The fraction of sp³-hybridized carbons (Fsp3) is 0.400. The second-order valence-corrected chi connectivity index (χ2v) is 14.2. The molecule has 2 aromatic heterocycles. The third-order valence-corrected chi connectivity index (χ3v) is 10.7. The van der Waals surface area contributed by atoms with Crippen LogP contribution in [-0.4, -0.2) is 104 Å². The van der Waals surface area contributed by atoms with Gasteiger partial charge in [-0.1, -0.05) is 29.8 Å². The first kappa shape index (κ1) is 32.3. The van der Waals surface area contributed by atoms with Crippen LogP contribution in [0.4, 0.5) is 11.5 Å². The third-order valence-electron chi connectivity index (χ3n) is 10.3. The molecule has 2 aromatic carbocycles. The molecule has 0 saturated carbocycles. The maximum atomic E-state index is 13.3. The number of halogens is 1. The summed E-state index contributed by atoms with van der Waals surface area (Å²) < 4.78 is 0. The standard InChI is InChI=1S/C35H37ClN10O4/c1-35(37)9-11-45(12-10-35)26-18-38-30-29(41-42-31(30)39-26)22-3-2-4-24(28(22)36)44-15-13-43(14-16-44)19-20-5-6-21-23(17-20)34(50)46(33(21)49)25-7-8-27(47)40-32(25)48/h2-6,17-18,25H,7-16,19,37H2,1H3,(H,39,41,42)(H,40,47,48). The number of nitrogens with one attached hydrogen (secondary N) is 2. The molecule has 4 N–H and O–H groups in total. The highest BCUT2D eigenvalue weighted by Crippen LogP contribution is 2.38. The summed E-state index contributed by atoms with van der Waals surface area (Å²) in [6, 6.07) is 10.2. The van der Waals surface area contributed by atoms with Crippen LogP contribution in [0, 0.1) is 0 Å². The van der Waals surface area contributed by atoms with Gasteiger partial charge in [-0.05, 0) is 49.9 Å². The van der Waals surface area contributed by atoms with Crippen LogP contribution in [-0.2, 0) is 16.1 Å². The zero-order valence-corrected chi connectivity index (χ0v) is 28.4. The van der Waals surface area contributed by atoms with Gasteiger partial charge in [-0.2, -0.15) is 5.10 Å². The quantitative estimate of drug-likeness (QED) is 0.253. The molecular weight excluding hydrogens is 660 g/mol. The van der Waals surface area contributed by atoms with Gasteiger partial charge in [-0.3, -0.25) is 39.4 Å². The highest BCUT2D eigenvalue weighted by Gasteiger charge is 2.44. The second kappa shape index (κ2) is 12.4. The van der Waals surface area contributed by atoms with Crippen molar-refractivity contribution in [2.45, 2.75) is 50.7 Å². The van der Waals surface area contributed by atoms with Crippen molar-refractivity contribution in [2.24, 2.45) is 5.73 Å². The predicted octanol–water partition coefficient (Wildman–Crippen LogP) is 2.71. The lowest BCUT2D eigenvalue weighted by atomic mass is 9.91. The van der Waals surface area contributed by atoms with Gasteiger partial charge in [0.15, 0.2) is 5.65 Å². The zero-order valence-electron chi connectivity index (χ0n) is 27.6. The number of fused-ring (bicyclic) bond motifs is 2. The molecule has 1 unspecified atom stereocenters. The Hall–Kier alpha value is -4.92. The molecule has 0 radical (unpaired) electrons. The van der Waals surface area contributed by atoms with Crippen molar-refractivity contribution < 1.29 is 19.2 Å². The molecule has 4 amide bonds. The van der Waals surface area contributed by atoms with Gasteiger partial charge in [-0.25, -0.2) is 9.97 Å². The maximum Gasteiger partial charge on any atom is 0.262 e. The molecule has 50 heavy (non-hydrogen) atoms. The third kappa shape index (κ3) is 5.76. The molecule has 1 atom stereocenters. The second-order valence-electron chi connectivity index (χ2n) is 13.9. The molecule has 4 aliphatic rings. The summed E-state index contributed by atoms with van der Waals surface area (Å²) in [5, 5.41) is 10.5. The Kier molecular flexibility index (Phi) is 8.04. The summed E-state index contributed by atoms with van der Waals surface area (Å²) in [4.78, 5) is 67.7. The number of imide groups is 2. The van der Waals surface area contributed by atoms with E-state index in [4.69, 9.17) is 27.3 Å². The number of nitrogens with two attached hydrogens (primary N) is 1. The molecule has 0 bridgehead atoms. The highest BCUT2D eigenvalue weighted by atomic mass is 35.5. The predicted molar refractivity (Wildman–Crippen MR) is 187 cm³/mol. The fourth-order valence-electron chi connectivity index (χ4n) is 7.35. The molecule has 6 heterocycles. The number of hydrogen-bond acceptors (Lipinski definition) is 11. The van der Waals surface area contributed by atoms with Crippen LogP contribution in [0.25, 0.3) is 22.4 Å². The van der Waals surface area contributed by atoms with E-state index in [9.17, 15) is 19.2 Å². The van der Waals surface area contributed by atoms with E-state index >= 15 is 0 Å². The number of anilines is 2. The number of carbonyl (C=O) groups excluding carboxylic acids is 4. The summed E-state index contributed by atoms with van der Waals surface area (Å²) in [5.74, 6) is -1.22. The normalized spacial score (nSPS) is 21.3. The smallest absolute Gasteiger partial charge is 0.262 e. The molecule has 0 spiro atoms. The number of nitrogens with zero attached hydrogens (tertiary/aromatic N) is 7. The van der Waals surface area contributed by atoms with E-state index in [-0.39, 0.29) is 29.5 Å². The van der Waals surface area contributed by atoms with Gasteiger partial charge < -0.3 is 15.5 Å². The Morgan fingerprint density at radius 3 is 2.46 bits per heavy atom. The average Bonchev–Trinajstić information content (AvgIpc) is 3.63. The molecule has 258 valence electrons. The van der Waals surface area contributed by atoms with Gasteiger partial charge in [0.1, 0.15) is 23.1 Å². The summed E-state index contributed by atoms with van der Waals surface area (Å²) in [7, 11) is 0. The number of benzene rings is 2. The average molecular weight is 697 g/mol. The summed E-state index contributed by atoms with van der Waals surface area (Å²) in [5.41, 5.74) is 11.2. The molecule has 15 heteroatoms. The number of piperazine rings is 1. The van der Waals surface area contributed by atoms with E-state index in [2.05, 4.69) is 37.1 Å². The molecule has 0 aliphatic carbocycles. The molecule has 8 rings (SSSR count). The molecule has 4 aromatic rings. The Morgan fingerprint density at radius 1 is 0.940 bits per heavy atom. The number of amides is 4. The molecule has 4 aliphatic heterocycles. The lowest BCUT2D eigenvalue weighted by Crippen LogP contribution is -2.54. The number of H-pyrrole nitrogens is 1. The van der Waals surface area contributed by atoms with E-state index in [1.807, 2.05) is 24.3 Å². The van der Waals surface area contributed by atoms with Crippen LogP contribution >= 0.6 is 11.6 Å². The Morgan fingerprint density at radius 2 is 1.70 bits per heavy atom. The van der Waals surface area contributed by atoms with Crippen LogP contribution in [0.3, 0.4) is 0 Å². The summed E-state index contributed by atoms with van der Waals surface area (Å²) >= 11 is 7.06. The monoisotopic (exact) mass is 696 g/mol. The number of hydrogen-bond donors (Lipinski definition) is 3. The first-order valence-corrected chi connectivity index (χ1v) is 17.3. The highest BCUT2D eigenvalue weighted by molar-refractivity contribution is 6.36. The first-order valence-electron chi connectivity index (χ1n) is 16.9. The van der Waals surface area contributed by atoms with Crippen molar-refractivity contribution in [3.8, 4) is 11.3 Å². The Labute approximate surface area is 292 Å². The summed E-state index contributed by atoms with van der Waals surface area (Å²) in [6.07, 6.45) is 3.78. The van der Waals surface area contributed by atoms with Crippen molar-refractivity contribution in [1.82, 2.24) is 35.3 Å². The van der Waals surface area contributed by atoms with Crippen molar-refractivity contribution in [3.05, 3.63) is 64.3 Å². The van der Waals surface area contributed by atoms with Crippen LogP contribution in [0.2, 0.25) is 5.02 Å². The van der Waals surface area contributed by atoms with Gasteiger partial charge in [0.05, 0.1) is 28.0 Å². The minimum atomic E-state index is -0.983. The number of carbonyl (C=O) groups is 4. The minimum absolute atomic E-state index is 0.0841. The number of piperidine rings is 2. The Bertz CT molecular complexity index is 2050. The van der Waals surface area contributed by atoms with Gasteiger partial charge in [-0.15, -0.1) is 0 Å². The van der Waals surface area contributed by atoms with E-state index in [0.717, 1.165) is 79.6 Å². The topological polar surface area (TPSA) is 174 Å². The first-order chi connectivity index (χ1) is 24.1. The lowest BCUT2D eigenvalue weighted by Gasteiger charge is -2.37. The molecule has 3 saturated heterocycles. The van der Waals surface area contributed by atoms with Gasteiger partial charge in [0.2, 0.25) is 11.8 Å². The molecule has 3 fully saturated rings. The van der Waals surface area contributed by atoms with Crippen molar-refractivity contribution >= 4 is 57.9 Å².